The molecule has 2 atom stereocenters. The molecule has 4 aliphatic rings. The Morgan fingerprint density at radius 3 is 2.19 bits per heavy atom. The number of amides is 2. The van der Waals surface area contributed by atoms with Crippen LogP contribution in [0.3, 0.4) is 0 Å². The second-order valence-electron chi connectivity index (χ2n) is 9.29. The predicted octanol–water partition coefficient (Wildman–Crippen LogP) is 2.54. The largest absolute Gasteiger partial charge is 0.433 e. The van der Waals surface area contributed by atoms with Gasteiger partial charge in [0.15, 0.2) is 0 Å². The van der Waals surface area contributed by atoms with Gasteiger partial charge in [0, 0.05) is 23.5 Å². The maximum Gasteiger partial charge on any atom is 0.433 e. The topological polar surface area (TPSA) is 110 Å². The number of alkyl halides is 3. The molecule has 0 saturated heterocycles. The molecule has 4 saturated carbocycles. The molecule has 2 heterocycles. The highest BCUT2D eigenvalue weighted by Crippen LogP contribution is 2.57. The van der Waals surface area contributed by atoms with Crippen LogP contribution in [0.25, 0.3) is 0 Å². The summed E-state index contributed by atoms with van der Waals surface area (Å²) in [5.41, 5.74) is -1.99. The highest BCUT2D eigenvalue weighted by molar-refractivity contribution is 5.93. The van der Waals surface area contributed by atoms with E-state index in [1.807, 2.05) is 0 Å². The van der Waals surface area contributed by atoms with Gasteiger partial charge in [0.05, 0.1) is 0 Å². The van der Waals surface area contributed by atoms with Crippen LogP contribution in [0.4, 0.5) is 13.2 Å². The van der Waals surface area contributed by atoms with Crippen molar-refractivity contribution in [3.8, 4) is 0 Å². The first-order chi connectivity index (χ1) is 15.2. The first-order valence-corrected chi connectivity index (χ1v) is 10.5. The van der Waals surface area contributed by atoms with Gasteiger partial charge in [0.25, 0.3) is 11.8 Å². The third-order valence-electron chi connectivity index (χ3n) is 6.78. The fraction of sp³-hybridized carbons (Fsp3) is 0.524. The number of hydrogen-bond donors (Lipinski definition) is 2. The first-order valence-electron chi connectivity index (χ1n) is 10.5. The zero-order chi connectivity index (χ0) is 22.6. The van der Waals surface area contributed by atoms with Crippen LogP contribution < -0.4 is 10.6 Å². The molecule has 0 aromatic carbocycles. The summed E-state index contributed by atoms with van der Waals surface area (Å²) in [6.45, 7) is 0. The maximum atomic E-state index is 13.0. The van der Waals surface area contributed by atoms with Crippen molar-refractivity contribution in [2.24, 2.45) is 11.8 Å². The van der Waals surface area contributed by atoms with Crippen molar-refractivity contribution in [2.45, 2.75) is 55.8 Å². The molecular formula is C21H21F3N6O2. The number of halogens is 3. The lowest BCUT2D eigenvalue weighted by molar-refractivity contribution is -0.141. The van der Waals surface area contributed by atoms with E-state index in [1.54, 1.807) is 6.07 Å². The van der Waals surface area contributed by atoms with Crippen LogP contribution in [-0.2, 0) is 6.18 Å². The van der Waals surface area contributed by atoms with E-state index in [0.29, 0.717) is 18.3 Å². The number of carbonyl (C=O) groups excluding carboxylic acids is 2. The molecule has 2 aromatic rings. The van der Waals surface area contributed by atoms with Gasteiger partial charge in [0.1, 0.15) is 17.7 Å². The molecule has 4 aliphatic carbocycles. The van der Waals surface area contributed by atoms with Crippen LogP contribution >= 0.6 is 0 Å². The highest BCUT2D eigenvalue weighted by Gasteiger charge is 2.59. The maximum absolute atomic E-state index is 13.0. The Bertz CT molecular complexity index is 1050. The van der Waals surface area contributed by atoms with Crippen LogP contribution in [0, 0.1) is 11.8 Å². The first kappa shape index (κ1) is 20.8. The van der Waals surface area contributed by atoms with E-state index < -0.39 is 34.7 Å². The second-order valence-corrected chi connectivity index (χ2v) is 9.29. The van der Waals surface area contributed by atoms with Gasteiger partial charge in [-0.3, -0.25) is 9.59 Å². The van der Waals surface area contributed by atoms with E-state index in [0.717, 1.165) is 44.4 Å². The summed E-state index contributed by atoms with van der Waals surface area (Å²) in [4.78, 5) is 40.6. The Kier molecular flexibility index (Phi) is 4.68. The van der Waals surface area contributed by atoms with Crippen LogP contribution in [0.15, 0.2) is 30.9 Å². The van der Waals surface area contributed by atoms with E-state index in [1.165, 1.54) is 12.5 Å². The summed E-state index contributed by atoms with van der Waals surface area (Å²) >= 11 is 0. The third kappa shape index (κ3) is 3.80. The van der Waals surface area contributed by atoms with Gasteiger partial charge >= 0.3 is 6.18 Å². The molecule has 0 spiro atoms. The lowest BCUT2D eigenvalue weighted by atomic mass is 9.50. The Hall–Kier alpha value is -3.11. The molecule has 2 amide bonds. The number of nitrogens with zero attached hydrogens (tertiary/aromatic N) is 4. The van der Waals surface area contributed by atoms with Crippen molar-refractivity contribution in [1.29, 1.82) is 0 Å². The molecule has 6 rings (SSSR count). The minimum Gasteiger partial charge on any atom is -0.345 e. The minimum atomic E-state index is -4.66. The highest BCUT2D eigenvalue weighted by atomic mass is 19.4. The van der Waals surface area contributed by atoms with Crippen molar-refractivity contribution < 1.29 is 22.8 Å². The second kappa shape index (κ2) is 7.21. The molecule has 8 nitrogen and oxygen atoms in total. The van der Waals surface area contributed by atoms with Crippen molar-refractivity contribution in [2.75, 3.05) is 0 Å². The number of hydrogen-bond acceptors (Lipinski definition) is 6. The number of carbonyl (C=O) groups is 2. The molecule has 4 fully saturated rings. The van der Waals surface area contributed by atoms with Gasteiger partial charge in [-0.05, 0) is 62.5 Å². The molecule has 2 N–H and O–H groups in total. The average Bonchev–Trinajstić information content (AvgIpc) is 2.72. The number of nitrogens with one attached hydrogen (secondary N) is 2. The normalized spacial score (nSPS) is 30.7. The van der Waals surface area contributed by atoms with E-state index in [2.05, 4.69) is 30.6 Å². The van der Waals surface area contributed by atoms with E-state index >= 15 is 0 Å². The molecule has 4 bridgehead atoms. The molecule has 2 aromatic heterocycles. The van der Waals surface area contributed by atoms with E-state index in [-0.39, 0.29) is 11.6 Å². The van der Waals surface area contributed by atoms with Gasteiger partial charge < -0.3 is 10.6 Å². The lowest BCUT2D eigenvalue weighted by Crippen LogP contribution is -2.70. The number of rotatable bonds is 4. The van der Waals surface area contributed by atoms with Gasteiger partial charge in [-0.15, -0.1) is 0 Å². The van der Waals surface area contributed by atoms with Crippen molar-refractivity contribution >= 4 is 11.8 Å². The van der Waals surface area contributed by atoms with Crippen molar-refractivity contribution in [3.63, 3.8) is 0 Å². The summed E-state index contributed by atoms with van der Waals surface area (Å²) < 4.78 is 39.0. The minimum absolute atomic E-state index is 0.270. The Labute approximate surface area is 181 Å². The summed E-state index contributed by atoms with van der Waals surface area (Å²) in [5, 5.41) is 6.10. The van der Waals surface area contributed by atoms with Crippen molar-refractivity contribution in [3.05, 3.63) is 48.1 Å². The van der Waals surface area contributed by atoms with Gasteiger partial charge in [-0.25, -0.2) is 19.9 Å². The van der Waals surface area contributed by atoms with Crippen molar-refractivity contribution in [1.82, 2.24) is 30.6 Å². The lowest BCUT2D eigenvalue weighted by Gasteiger charge is -2.62. The molecule has 168 valence electrons. The zero-order valence-electron chi connectivity index (χ0n) is 17.0. The van der Waals surface area contributed by atoms with Crippen LogP contribution in [-0.4, -0.2) is 42.8 Å². The number of aromatic nitrogens is 4. The van der Waals surface area contributed by atoms with Gasteiger partial charge in [0.2, 0.25) is 5.82 Å². The Morgan fingerprint density at radius 1 is 0.938 bits per heavy atom. The summed E-state index contributed by atoms with van der Waals surface area (Å²) in [7, 11) is 0. The smallest absolute Gasteiger partial charge is 0.345 e. The third-order valence-corrected chi connectivity index (χ3v) is 6.78. The quantitative estimate of drug-likeness (QED) is 0.747. The summed E-state index contributed by atoms with van der Waals surface area (Å²) in [6.07, 6.45) is 3.66. The van der Waals surface area contributed by atoms with Gasteiger partial charge in [-0.1, -0.05) is 0 Å². The summed E-state index contributed by atoms with van der Waals surface area (Å²) in [5.74, 6) is -0.906. The van der Waals surface area contributed by atoms with Crippen LogP contribution in [0.1, 0.15) is 65.3 Å². The molecule has 2 unspecified atom stereocenters. The molecular weight excluding hydrogens is 425 g/mol. The zero-order valence-corrected chi connectivity index (χ0v) is 17.0. The van der Waals surface area contributed by atoms with E-state index in [4.69, 9.17) is 0 Å². The fourth-order valence-corrected chi connectivity index (χ4v) is 6.21. The molecule has 32 heavy (non-hydrogen) atoms. The predicted molar refractivity (Wildman–Crippen MR) is 104 cm³/mol. The Balaban J connectivity index is 1.37. The van der Waals surface area contributed by atoms with Crippen LogP contribution in [0.5, 0.6) is 0 Å². The van der Waals surface area contributed by atoms with E-state index in [9.17, 15) is 22.8 Å². The van der Waals surface area contributed by atoms with Gasteiger partial charge in [-0.2, -0.15) is 13.2 Å². The SMILES string of the molecule is O=C(NC12CC3CC(C1)CC(NC(=O)c1nccc(C(F)(F)F)n1)(C3)C2)c1ccncn1. The fourth-order valence-electron chi connectivity index (χ4n) is 6.21. The summed E-state index contributed by atoms with van der Waals surface area (Å²) in [6, 6.07) is 2.28. The molecule has 0 radical (unpaired) electrons. The monoisotopic (exact) mass is 446 g/mol. The Morgan fingerprint density at radius 2 is 1.59 bits per heavy atom. The molecule has 11 heteroatoms. The standard InChI is InChI=1S/C21H21F3N6O2/c22-21(23,24)15-2-4-26-16(28-15)18(32)30-20-8-12-5-13(9-20)7-19(6-12,10-20)29-17(31)14-1-3-25-11-27-14/h1-4,11-13H,5-10H2,(H,29,31)(H,30,32). The average molecular weight is 446 g/mol. The molecule has 0 aliphatic heterocycles. The van der Waals surface area contributed by atoms with Crippen LogP contribution in [0.2, 0.25) is 0 Å².